The van der Waals surface area contributed by atoms with Gasteiger partial charge in [-0.15, -0.1) is 11.3 Å². The van der Waals surface area contributed by atoms with E-state index < -0.39 is 10.0 Å². The van der Waals surface area contributed by atoms with Crippen LogP contribution in [0.2, 0.25) is 0 Å². The van der Waals surface area contributed by atoms with Gasteiger partial charge in [0.2, 0.25) is 5.91 Å². The molecule has 0 aliphatic rings. The quantitative estimate of drug-likeness (QED) is 0.637. The molecule has 0 unspecified atom stereocenters. The SMILES string of the molecule is CCN(CC)S(=O)(=O)c1ccc(CCNC(=O)Cc2ccc(N)cc2)s1. The van der Waals surface area contributed by atoms with Gasteiger partial charge in [-0.05, 0) is 36.2 Å². The first-order chi connectivity index (χ1) is 12.4. The molecule has 0 fully saturated rings. The number of sulfonamides is 1. The number of thiophene rings is 1. The lowest BCUT2D eigenvalue weighted by atomic mass is 10.1. The number of nitrogens with two attached hydrogens (primary N) is 1. The number of hydrogen-bond acceptors (Lipinski definition) is 5. The van der Waals surface area contributed by atoms with Gasteiger partial charge in [0.05, 0.1) is 6.42 Å². The van der Waals surface area contributed by atoms with Crippen molar-refractivity contribution < 1.29 is 13.2 Å². The number of anilines is 1. The van der Waals surface area contributed by atoms with Crippen LogP contribution in [0.3, 0.4) is 0 Å². The molecule has 0 bridgehead atoms. The zero-order valence-electron chi connectivity index (χ0n) is 15.1. The van der Waals surface area contributed by atoms with Gasteiger partial charge in [0.25, 0.3) is 10.0 Å². The molecular weight excluding hydrogens is 370 g/mol. The van der Waals surface area contributed by atoms with Crippen molar-refractivity contribution in [3.05, 3.63) is 46.8 Å². The van der Waals surface area contributed by atoms with Crippen LogP contribution in [-0.2, 0) is 27.7 Å². The Labute approximate surface area is 159 Å². The zero-order chi connectivity index (χ0) is 19.2. The summed E-state index contributed by atoms with van der Waals surface area (Å²) in [6, 6.07) is 10.7. The lowest BCUT2D eigenvalue weighted by Crippen LogP contribution is -2.30. The largest absolute Gasteiger partial charge is 0.399 e. The summed E-state index contributed by atoms with van der Waals surface area (Å²) in [4.78, 5) is 12.9. The second-order valence-corrected chi connectivity index (χ2v) is 9.16. The number of benzene rings is 1. The van der Waals surface area contributed by atoms with E-state index in [1.807, 2.05) is 32.0 Å². The third-order valence-electron chi connectivity index (χ3n) is 3.97. The van der Waals surface area contributed by atoms with Crippen LogP contribution in [0.25, 0.3) is 0 Å². The van der Waals surface area contributed by atoms with Gasteiger partial charge in [-0.2, -0.15) is 4.31 Å². The van der Waals surface area contributed by atoms with Crippen molar-refractivity contribution >= 4 is 33.0 Å². The van der Waals surface area contributed by atoms with E-state index in [2.05, 4.69) is 5.32 Å². The van der Waals surface area contributed by atoms with E-state index >= 15 is 0 Å². The first kappa shape index (κ1) is 20.4. The molecule has 1 heterocycles. The Morgan fingerprint density at radius 3 is 2.38 bits per heavy atom. The van der Waals surface area contributed by atoms with Gasteiger partial charge >= 0.3 is 0 Å². The van der Waals surface area contributed by atoms with Crippen LogP contribution < -0.4 is 11.1 Å². The summed E-state index contributed by atoms with van der Waals surface area (Å²) >= 11 is 1.26. The fourth-order valence-corrected chi connectivity index (χ4v) is 5.50. The molecule has 0 saturated carbocycles. The number of nitrogens with zero attached hydrogens (tertiary/aromatic N) is 1. The molecule has 142 valence electrons. The highest BCUT2D eigenvalue weighted by Gasteiger charge is 2.23. The number of carbonyl (C=O) groups is 1. The third kappa shape index (κ3) is 5.30. The van der Waals surface area contributed by atoms with Crippen LogP contribution in [0, 0.1) is 0 Å². The number of nitrogen functional groups attached to an aromatic ring is 1. The Kier molecular flexibility index (Phi) is 7.19. The van der Waals surface area contributed by atoms with Gasteiger partial charge in [-0.1, -0.05) is 26.0 Å². The second-order valence-electron chi connectivity index (χ2n) is 5.83. The normalized spacial score (nSPS) is 11.7. The molecular formula is C18H25N3O3S2. The highest BCUT2D eigenvalue weighted by Crippen LogP contribution is 2.25. The minimum absolute atomic E-state index is 0.0673. The maximum Gasteiger partial charge on any atom is 0.252 e. The Bertz CT molecular complexity index is 826. The maximum atomic E-state index is 12.5. The van der Waals surface area contributed by atoms with Crippen molar-refractivity contribution in [2.45, 2.75) is 30.9 Å². The summed E-state index contributed by atoms with van der Waals surface area (Å²) in [5, 5.41) is 2.86. The smallest absolute Gasteiger partial charge is 0.252 e. The number of hydrogen-bond donors (Lipinski definition) is 2. The standard InChI is InChI=1S/C18H25N3O3S2/c1-3-21(4-2)26(23,24)18-10-9-16(25-18)11-12-20-17(22)13-14-5-7-15(19)8-6-14/h5-10H,3-4,11-13,19H2,1-2H3,(H,20,22). The molecule has 1 amide bonds. The number of amides is 1. The summed E-state index contributed by atoms with van der Waals surface area (Å²) in [5.41, 5.74) is 7.20. The molecule has 0 radical (unpaired) electrons. The van der Waals surface area contributed by atoms with Crippen molar-refractivity contribution in [1.29, 1.82) is 0 Å². The van der Waals surface area contributed by atoms with Crippen LogP contribution in [0.5, 0.6) is 0 Å². The van der Waals surface area contributed by atoms with Crippen molar-refractivity contribution in [3.63, 3.8) is 0 Å². The Hall–Kier alpha value is -1.90. The molecule has 0 atom stereocenters. The number of carbonyl (C=O) groups excluding carboxylic acids is 1. The monoisotopic (exact) mass is 395 g/mol. The van der Waals surface area contributed by atoms with E-state index in [1.54, 1.807) is 18.2 Å². The molecule has 1 aromatic heterocycles. The van der Waals surface area contributed by atoms with E-state index in [-0.39, 0.29) is 5.91 Å². The zero-order valence-corrected chi connectivity index (χ0v) is 16.7. The molecule has 8 heteroatoms. The van der Waals surface area contributed by atoms with E-state index in [9.17, 15) is 13.2 Å². The molecule has 1 aromatic carbocycles. The fraction of sp³-hybridized carbons (Fsp3) is 0.389. The van der Waals surface area contributed by atoms with Crippen molar-refractivity contribution in [2.75, 3.05) is 25.4 Å². The molecule has 0 spiro atoms. The minimum atomic E-state index is -3.41. The molecule has 2 aromatic rings. The third-order valence-corrected chi connectivity index (χ3v) is 7.64. The van der Waals surface area contributed by atoms with Crippen LogP contribution >= 0.6 is 11.3 Å². The predicted octanol–water partition coefficient (Wildman–Crippen LogP) is 2.26. The first-order valence-corrected chi connectivity index (χ1v) is 10.8. The van der Waals surface area contributed by atoms with Crippen molar-refractivity contribution in [1.82, 2.24) is 9.62 Å². The Morgan fingerprint density at radius 1 is 1.12 bits per heavy atom. The van der Waals surface area contributed by atoms with Crippen LogP contribution in [0.4, 0.5) is 5.69 Å². The van der Waals surface area contributed by atoms with Crippen LogP contribution in [0.15, 0.2) is 40.6 Å². The van der Waals surface area contributed by atoms with E-state index in [0.29, 0.717) is 42.4 Å². The summed E-state index contributed by atoms with van der Waals surface area (Å²) in [6.07, 6.45) is 0.901. The predicted molar refractivity (Wildman–Crippen MR) is 106 cm³/mol. The van der Waals surface area contributed by atoms with Gasteiger partial charge in [0, 0.05) is 30.2 Å². The minimum Gasteiger partial charge on any atom is -0.399 e. The average Bonchev–Trinajstić information content (AvgIpc) is 3.07. The van der Waals surface area contributed by atoms with E-state index in [4.69, 9.17) is 5.73 Å². The number of nitrogens with one attached hydrogen (secondary N) is 1. The van der Waals surface area contributed by atoms with Crippen molar-refractivity contribution in [2.24, 2.45) is 0 Å². The molecule has 26 heavy (non-hydrogen) atoms. The fourth-order valence-electron chi connectivity index (χ4n) is 2.53. The summed E-state index contributed by atoms with van der Waals surface area (Å²) < 4.78 is 26.7. The van der Waals surface area contributed by atoms with Crippen LogP contribution in [0.1, 0.15) is 24.3 Å². The highest BCUT2D eigenvalue weighted by atomic mass is 32.2. The van der Waals surface area contributed by atoms with Crippen LogP contribution in [-0.4, -0.2) is 38.3 Å². The van der Waals surface area contributed by atoms with E-state index in [1.165, 1.54) is 15.6 Å². The summed E-state index contributed by atoms with van der Waals surface area (Å²) in [7, 11) is -3.41. The van der Waals surface area contributed by atoms with Gasteiger partial charge in [0.1, 0.15) is 4.21 Å². The molecule has 0 aliphatic carbocycles. The average molecular weight is 396 g/mol. The Balaban J connectivity index is 1.86. The molecule has 0 saturated heterocycles. The van der Waals surface area contributed by atoms with Gasteiger partial charge in [-0.3, -0.25) is 4.79 Å². The Morgan fingerprint density at radius 2 is 1.77 bits per heavy atom. The second kappa shape index (κ2) is 9.16. The van der Waals surface area contributed by atoms with Crippen molar-refractivity contribution in [3.8, 4) is 0 Å². The lowest BCUT2D eigenvalue weighted by molar-refractivity contribution is -0.120. The highest BCUT2D eigenvalue weighted by molar-refractivity contribution is 7.91. The molecule has 0 aliphatic heterocycles. The summed E-state index contributed by atoms with van der Waals surface area (Å²) in [5.74, 6) is -0.0673. The number of rotatable bonds is 9. The topological polar surface area (TPSA) is 92.5 Å². The maximum absolute atomic E-state index is 12.5. The van der Waals surface area contributed by atoms with Gasteiger partial charge in [0.15, 0.2) is 0 Å². The molecule has 6 nitrogen and oxygen atoms in total. The molecule has 2 rings (SSSR count). The van der Waals surface area contributed by atoms with E-state index in [0.717, 1.165) is 10.4 Å². The van der Waals surface area contributed by atoms with Gasteiger partial charge in [-0.25, -0.2) is 8.42 Å². The van der Waals surface area contributed by atoms with Gasteiger partial charge < -0.3 is 11.1 Å². The lowest BCUT2D eigenvalue weighted by Gasteiger charge is -2.16. The first-order valence-electron chi connectivity index (χ1n) is 8.56. The summed E-state index contributed by atoms with van der Waals surface area (Å²) in [6.45, 7) is 5.03. The molecule has 3 N–H and O–H groups in total.